The molecule has 1 N–H and O–H groups in total. The lowest BCUT2D eigenvalue weighted by Crippen LogP contribution is -2.19. The standard InChI is InChI=1S/C22H24N2O/c1-15(2)14-17-9-11-18(12-10-17)16(3)22(25)24-20-8-4-6-19-7-5-13-23-21(19)20/h4-13,15-16H,14H2,1-3H3,(H,24,25). The summed E-state index contributed by atoms with van der Waals surface area (Å²) in [6.45, 7) is 6.36. The second kappa shape index (κ2) is 7.47. The molecular formula is C22H24N2O. The maximum absolute atomic E-state index is 12.7. The first-order valence-corrected chi connectivity index (χ1v) is 8.78. The number of fused-ring (bicyclic) bond motifs is 1. The highest BCUT2D eigenvalue weighted by Gasteiger charge is 2.16. The number of nitrogens with zero attached hydrogens (tertiary/aromatic N) is 1. The fraction of sp³-hybridized carbons (Fsp3) is 0.273. The molecule has 0 saturated carbocycles. The van der Waals surface area contributed by atoms with Crippen LogP contribution < -0.4 is 5.32 Å². The molecule has 1 aromatic heterocycles. The van der Waals surface area contributed by atoms with Crippen LogP contribution in [0, 0.1) is 5.92 Å². The Kier molecular flexibility index (Phi) is 5.13. The molecule has 0 radical (unpaired) electrons. The lowest BCUT2D eigenvalue weighted by atomic mass is 9.96. The van der Waals surface area contributed by atoms with E-state index >= 15 is 0 Å². The number of hydrogen-bond acceptors (Lipinski definition) is 2. The van der Waals surface area contributed by atoms with E-state index in [4.69, 9.17) is 0 Å². The van der Waals surface area contributed by atoms with Crippen molar-refractivity contribution in [2.45, 2.75) is 33.1 Å². The van der Waals surface area contributed by atoms with Crippen LogP contribution in [0.5, 0.6) is 0 Å². The molecule has 128 valence electrons. The Morgan fingerprint density at radius 2 is 1.72 bits per heavy atom. The summed E-state index contributed by atoms with van der Waals surface area (Å²) in [5, 5.41) is 4.05. The molecule has 0 fully saturated rings. The average Bonchev–Trinajstić information content (AvgIpc) is 2.61. The van der Waals surface area contributed by atoms with E-state index in [0.29, 0.717) is 5.92 Å². The zero-order valence-corrected chi connectivity index (χ0v) is 15.0. The molecule has 0 saturated heterocycles. The number of rotatable bonds is 5. The predicted octanol–water partition coefficient (Wildman–Crippen LogP) is 5.18. The first kappa shape index (κ1) is 17.2. The minimum atomic E-state index is -0.216. The second-order valence-corrected chi connectivity index (χ2v) is 6.93. The fourth-order valence-corrected chi connectivity index (χ4v) is 3.01. The minimum Gasteiger partial charge on any atom is -0.324 e. The molecule has 3 rings (SSSR count). The first-order valence-electron chi connectivity index (χ1n) is 8.78. The van der Waals surface area contributed by atoms with Crippen LogP contribution in [0.2, 0.25) is 0 Å². The van der Waals surface area contributed by atoms with Crippen LogP contribution in [-0.2, 0) is 11.2 Å². The Labute approximate surface area is 149 Å². The average molecular weight is 332 g/mol. The van der Waals surface area contributed by atoms with Gasteiger partial charge in [0.05, 0.1) is 17.1 Å². The van der Waals surface area contributed by atoms with Gasteiger partial charge in [-0.05, 0) is 42.5 Å². The molecule has 25 heavy (non-hydrogen) atoms. The summed E-state index contributed by atoms with van der Waals surface area (Å²) < 4.78 is 0. The Morgan fingerprint density at radius 1 is 1.00 bits per heavy atom. The molecule has 3 nitrogen and oxygen atoms in total. The van der Waals surface area contributed by atoms with Crippen molar-refractivity contribution in [2.24, 2.45) is 5.92 Å². The topological polar surface area (TPSA) is 42.0 Å². The molecule has 0 bridgehead atoms. The van der Waals surface area contributed by atoms with E-state index < -0.39 is 0 Å². The number of pyridine rings is 1. The zero-order valence-electron chi connectivity index (χ0n) is 15.0. The van der Waals surface area contributed by atoms with Crippen molar-refractivity contribution in [3.63, 3.8) is 0 Å². The van der Waals surface area contributed by atoms with Crippen LogP contribution in [0.1, 0.15) is 37.8 Å². The number of nitrogens with one attached hydrogen (secondary N) is 1. The molecule has 1 unspecified atom stereocenters. The van der Waals surface area contributed by atoms with Gasteiger partial charge >= 0.3 is 0 Å². The summed E-state index contributed by atoms with van der Waals surface area (Å²) in [5.41, 5.74) is 3.91. The van der Waals surface area contributed by atoms with Crippen LogP contribution >= 0.6 is 0 Å². The number of amides is 1. The van der Waals surface area contributed by atoms with Crippen LogP contribution in [0.3, 0.4) is 0 Å². The van der Waals surface area contributed by atoms with E-state index in [0.717, 1.165) is 28.6 Å². The van der Waals surface area contributed by atoms with Gasteiger partial charge in [0.15, 0.2) is 0 Å². The molecule has 0 aliphatic heterocycles. The van der Waals surface area contributed by atoms with Crippen molar-refractivity contribution in [3.8, 4) is 0 Å². The highest BCUT2D eigenvalue weighted by atomic mass is 16.1. The van der Waals surface area contributed by atoms with E-state index in [1.165, 1.54) is 5.56 Å². The number of carbonyl (C=O) groups excluding carboxylic acids is 1. The van der Waals surface area contributed by atoms with Crippen molar-refractivity contribution in [3.05, 3.63) is 71.9 Å². The van der Waals surface area contributed by atoms with Crippen LogP contribution in [-0.4, -0.2) is 10.9 Å². The van der Waals surface area contributed by atoms with E-state index in [2.05, 4.69) is 48.4 Å². The highest BCUT2D eigenvalue weighted by molar-refractivity contribution is 6.02. The lowest BCUT2D eigenvalue weighted by molar-refractivity contribution is -0.117. The molecule has 0 aliphatic rings. The number of para-hydroxylation sites is 1. The minimum absolute atomic E-state index is 0.0187. The van der Waals surface area contributed by atoms with E-state index in [9.17, 15) is 4.79 Å². The number of hydrogen-bond donors (Lipinski definition) is 1. The third-order valence-electron chi connectivity index (χ3n) is 4.41. The van der Waals surface area contributed by atoms with Gasteiger partial charge in [0.1, 0.15) is 0 Å². The first-order chi connectivity index (χ1) is 12.0. The highest BCUT2D eigenvalue weighted by Crippen LogP contribution is 2.24. The van der Waals surface area contributed by atoms with Crippen LogP contribution in [0.25, 0.3) is 10.9 Å². The van der Waals surface area contributed by atoms with Crippen LogP contribution in [0.15, 0.2) is 60.8 Å². The van der Waals surface area contributed by atoms with Gasteiger partial charge in [0.25, 0.3) is 0 Å². The summed E-state index contributed by atoms with van der Waals surface area (Å²) in [7, 11) is 0. The Hall–Kier alpha value is -2.68. The Balaban J connectivity index is 1.76. The predicted molar refractivity (Wildman–Crippen MR) is 104 cm³/mol. The maximum Gasteiger partial charge on any atom is 0.231 e. The fourth-order valence-electron chi connectivity index (χ4n) is 3.01. The van der Waals surface area contributed by atoms with Gasteiger partial charge in [-0.3, -0.25) is 9.78 Å². The van der Waals surface area contributed by atoms with Gasteiger partial charge in [-0.15, -0.1) is 0 Å². The quantitative estimate of drug-likeness (QED) is 0.700. The summed E-state index contributed by atoms with van der Waals surface area (Å²) in [4.78, 5) is 17.1. The lowest BCUT2D eigenvalue weighted by Gasteiger charge is -2.14. The second-order valence-electron chi connectivity index (χ2n) is 6.93. The van der Waals surface area contributed by atoms with Crippen LogP contribution in [0.4, 0.5) is 5.69 Å². The van der Waals surface area contributed by atoms with Gasteiger partial charge in [-0.25, -0.2) is 0 Å². The van der Waals surface area contributed by atoms with Crippen molar-refractivity contribution >= 4 is 22.5 Å². The van der Waals surface area contributed by atoms with Gasteiger partial charge in [-0.1, -0.05) is 56.3 Å². The largest absolute Gasteiger partial charge is 0.324 e. The smallest absolute Gasteiger partial charge is 0.231 e. The molecule has 0 spiro atoms. The molecule has 0 aliphatic carbocycles. The molecular weight excluding hydrogens is 308 g/mol. The molecule has 3 heteroatoms. The SMILES string of the molecule is CC(C)Cc1ccc(C(C)C(=O)Nc2cccc3cccnc23)cc1. The monoisotopic (exact) mass is 332 g/mol. The van der Waals surface area contributed by atoms with Crippen molar-refractivity contribution in [1.82, 2.24) is 4.98 Å². The number of aromatic nitrogens is 1. The summed E-state index contributed by atoms with van der Waals surface area (Å²) in [6.07, 6.45) is 2.80. The maximum atomic E-state index is 12.7. The number of anilines is 1. The van der Waals surface area contributed by atoms with Gasteiger partial charge in [0.2, 0.25) is 5.91 Å². The Morgan fingerprint density at radius 3 is 2.44 bits per heavy atom. The van der Waals surface area contributed by atoms with Crippen molar-refractivity contribution in [2.75, 3.05) is 5.32 Å². The summed E-state index contributed by atoms with van der Waals surface area (Å²) >= 11 is 0. The molecule has 2 aromatic carbocycles. The summed E-state index contributed by atoms with van der Waals surface area (Å²) in [6, 6.07) is 18.1. The zero-order chi connectivity index (χ0) is 17.8. The van der Waals surface area contributed by atoms with E-state index in [-0.39, 0.29) is 11.8 Å². The third-order valence-corrected chi connectivity index (χ3v) is 4.41. The molecule has 1 atom stereocenters. The van der Waals surface area contributed by atoms with E-state index in [1.54, 1.807) is 6.20 Å². The van der Waals surface area contributed by atoms with Crippen molar-refractivity contribution in [1.29, 1.82) is 0 Å². The van der Waals surface area contributed by atoms with Gasteiger partial charge in [-0.2, -0.15) is 0 Å². The molecule has 3 aromatic rings. The normalized spacial score (nSPS) is 12.3. The Bertz CT molecular complexity index is 863. The number of carbonyl (C=O) groups is 1. The van der Waals surface area contributed by atoms with E-state index in [1.807, 2.05) is 37.3 Å². The number of benzene rings is 2. The van der Waals surface area contributed by atoms with Gasteiger partial charge in [0, 0.05) is 11.6 Å². The molecule has 1 amide bonds. The molecule has 1 heterocycles. The van der Waals surface area contributed by atoms with Crippen molar-refractivity contribution < 1.29 is 4.79 Å². The summed E-state index contributed by atoms with van der Waals surface area (Å²) in [5.74, 6) is 0.396. The van der Waals surface area contributed by atoms with Gasteiger partial charge < -0.3 is 5.32 Å². The third kappa shape index (κ3) is 4.05.